The zero-order valence-electron chi connectivity index (χ0n) is 14.0. The van der Waals surface area contributed by atoms with Gasteiger partial charge in [0.1, 0.15) is 0 Å². The molecular weight excluding hydrogens is 348 g/mol. The number of piperidine rings is 1. The van der Waals surface area contributed by atoms with E-state index in [0.717, 1.165) is 19.3 Å². The van der Waals surface area contributed by atoms with Crippen molar-refractivity contribution in [2.45, 2.75) is 30.2 Å². The van der Waals surface area contributed by atoms with Crippen LogP contribution in [0, 0.1) is 0 Å². The van der Waals surface area contributed by atoms with Crippen molar-refractivity contribution in [3.63, 3.8) is 0 Å². The second-order valence-electron chi connectivity index (χ2n) is 5.81. The van der Waals surface area contributed by atoms with Gasteiger partial charge in [0.2, 0.25) is 10.0 Å². The molecule has 0 bridgehead atoms. The summed E-state index contributed by atoms with van der Waals surface area (Å²) in [5.74, 6) is -1.90. The molecule has 2 rings (SSSR count). The third-order valence-electron chi connectivity index (χ3n) is 3.99. The van der Waals surface area contributed by atoms with E-state index < -0.39 is 27.9 Å². The Kier molecular flexibility index (Phi) is 6.51. The second kappa shape index (κ2) is 8.41. The Hall–Kier alpha value is -1.97. The van der Waals surface area contributed by atoms with Crippen LogP contribution >= 0.6 is 0 Å². The predicted molar refractivity (Wildman–Crippen MR) is 89.8 cm³/mol. The highest BCUT2D eigenvalue weighted by Crippen LogP contribution is 2.21. The Morgan fingerprint density at radius 1 is 1.28 bits per heavy atom. The lowest BCUT2D eigenvalue weighted by Crippen LogP contribution is -2.43. The van der Waals surface area contributed by atoms with E-state index in [1.165, 1.54) is 35.7 Å². The van der Waals surface area contributed by atoms with E-state index in [1.807, 2.05) is 0 Å². The fraction of sp³-hybridized carbons (Fsp3) is 0.500. The van der Waals surface area contributed by atoms with Gasteiger partial charge in [0, 0.05) is 25.8 Å². The highest BCUT2D eigenvalue weighted by atomic mass is 32.2. The van der Waals surface area contributed by atoms with Gasteiger partial charge >= 0.3 is 5.97 Å². The quantitative estimate of drug-likeness (QED) is 0.730. The van der Waals surface area contributed by atoms with Gasteiger partial charge < -0.3 is 15.2 Å². The monoisotopic (exact) mass is 370 g/mol. The summed E-state index contributed by atoms with van der Waals surface area (Å²) < 4.78 is 31.5. The number of nitrogens with zero attached hydrogens (tertiary/aromatic N) is 1. The van der Waals surface area contributed by atoms with Gasteiger partial charge in [-0.25, -0.2) is 13.2 Å². The van der Waals surface area contributed by atoms with Gasteiger partial charge in [0.15, 0.2) is 6.04 Å². The van der Waals surface area contributed by atoms with Crippen LogP contribution in [0.3, 0.4) is 0 Å². The summed E-state index contributed by atoms with van der Waals surface area (Å²) in [6, 6.07) is 4.41. The molecule has 1 amide bonds. The summed E-state index contributed by atoms with van der Waals surface area (Å²) in [7, 11) is -2.33. The SMILES string of the molecule is COCC(NC(=O)c1cccc(S(=O)(=O)N2CCCCC2)c1)C(=O)O. The number of benzene rings is 1. The van der Waals surface area contributed by atoms with Crippen LogP contribution in [0.2, 0.25) is 0 Å². The van der Waals surface area contributed by atoms with Crippen molar-refractivity contribution in [3.8, 4) is 0 Å². The van der Waals surface area contributed by atoms with Crippen molar-refractivity contribution >= 4 is 21.9 Å². The first-order valence-electron chi connectivity index (χ1n) is 7.99. The Bertz CT molecular complexity index is 728. The number of amides is 1. The van der Waals surface area contributed by atoms with Crippen molar-refractivity contribution in [2.75, 3.05) is 26.8 Å². The predicted octanol–water partition coefficient (Wildman–Crippen LogP) is 0.691. The average molecular weight is 370 g/mol. The molecule has 0 radical (unpaired) electrons. The minimum atomic E-state index is -3.66. The summed E-state index contributed by atoms with van der Waals surface area (Å²) >= 11 is 0. The van der Waals surface area contributed by atoms with E-state index >= 15 is 0 Å². The number of carboxylic acids is 1. The molecule has 1 saturated heterocycles. The van der Waals surface area contributed by atoms with E-state index in [1.54, 1.807) is 0 Å². The third-order valence-corrected chi connectivity index (χ3v) is 5.88. The summed E-state index contributed by atoms with van der Waals surface area (Å²) in [5, 5.41) is 11.4. The second-order valence-corrected chi connectivity index (χ2v) is 7.75. The number of hydrogen-bond donors (Lipinski definition) is 2. The summed E-state index contributed by atoms with van der Waals surface area (Å²) in [5.41, 5.74) is 0.0837. The smallest absolute Gasteiger partial charge is 0.328 e. The average Bonchev–Trinajstić information content (AvgIpc) is 2.62. The maximum atomic E-state index is 12.7. The first-order chi connectivity index (χ1) is 11.9. The van der Waals surface area contributed by atoms with Gasteiger partial charge in [-0.3, -0.25) is 4.79 Å². The number of carboxylic acid groups (broad SMARTS) is 1. The standard InChI is InChI=1S/C16H22N2O6S/c1-24-11-14(16(20)21)17-15(19)12-6-5-7-13(10-12)25(22,23)18-8-3-2-4-9-18/h5-7,10,14H,2-4,8-9,11H2,1H3,(H,17,19)(H,20,21). The first kappa shape index (κ1) is 19.4. The zero-order valence-corrected chi connectivity index (χ0v) is 14.8. The molecule has 138 valence electrons. The van der Waals surface area contributed by atoms with Crippen molar-refractivity contribution in [1.29, 1.82) is 0 Å². The van der Waals surface area contributed by atoms with Crippen LogP contribution in [0.1, 0.15) is 29.6 Å². The van der Waals surface area contributed by atoms with Crippen molar-refractivity contribution in [1.82, 2.24) is 9.62 Å². The molecule has 1 aliphatic heterocycles. The molecule has 0 spiro atoms. The van der Waals surface area contributed by atoms with Crippen molar-refractivity contribution in [2.24, 2.45) is 0 Å². The number of hydrogen-bond acceptors (Lipinski definition) is 5. The maximum absolute atomic E-state index is 12.7. The molecule has 8 nitrogen and oxygen atoms in total. The summed E-state index contributed by atoms with van der Waals surface area (Å²) in [6.45, 7) is 0.744. The lowest BCUT2D eigenvalue weighted by Gasteiger charge is -2.26. The largest absolute Gasteiger partial charge is 0.480 e. The Labute approximate surface area is 146 Å². The van der Waals surface area contributed by atoms with E-state index in [-0.39, 0.29) is 17.1 Å². The van der Waals surface area contributed by atoms with Gasteiger partial charge in [0.05, 0.1) is 11.5 Å². The Balaban J connectivity index is 2.20. The Morgan fingerprint density at radius 2 is 1.96 bits per heavy atom. The molecule has 2 N–H and O–H groups in total. The van der Waals surface area contributed by atoms with Crippen LogP contribution in [0.4, 0.5) is 0 Å². The number of aliphatic carboxylic acids is 1. The van der Waals surface area contributed by atoms with Gasteiger partial charge in [-0.05, 0) is 31.0 Å². The van der Waals surface area contributed by atoms with Gasteiger partial charge in [-0.1, -0.05) is 12.5 Å². The molecule has 1 fully saturated rings. The molecule has 9 heteroatoms. The Morgan fingerprint density at radius 3 is 2.56 bits per heavy atom. The number of carbonyl (C=O) groups is 2. The number of methoxy groups -OCH3 is 1. The van der Waals surface area contributed by atoms with Crippen LogP contribution in [0.25, 0.3) is 0 Å². The number of sulfonamides is 1. The molecule has 25 heavy (non-hydrogen) atoms. The summed E-state index contributed by atoms with van der Waals surface area (Å²) in [4.78, 5) is 23.4. The first-order valence-corrected chi connectivity index (χ1v) is 9.43. The number of rotatable bonds is 7. The highest BCUT2D eigenvalue weighted by molar-refractivity contribution is 7.89. The van der Waals surface area contributed by atoms with E-state index in [2.05, 4.69) is 5.32 Å². The normalized spacial score (nSPS) is 17.0. The minimum Gasteiger partial charge on any atom is -0.480 e. The highest BCUT2D eigenvalue weighted by Gasteiger charge is 2.27. The molecule has 1 aromatic carbocycles. The van der Waals surface area contributed by atoms with Gasteiger partial charge in [0.25, 0.3) is 5.91 Å². The molecule has 1 atom stereocenters. The lowest BCUT2D eigenvalue weighted by molar-refractivity contribution is -0.140. The number of nitrogens with one attached hydrogen (secondary N) is 1. The fourth-order valence-corrected chi connectivity index (χ4v) is 4.20. The van der Waals surface area contributed by atoms with E-state index in [0.29, 0.717) is 13.1 Å². The van der Waals surface area contributed by atoms with Crippen molar-refractivity contribution in [3.05, 3.63) is 29.8 Å². The number of carbonyl (C=O) groups excluding carboxylic acids is 1. The van der Waals surface area contributed by atoms with Gasteiger partial charge in [-0.2, -0.15) is 4.31 Å². The van der Waals surface area contributed by atoms with Crippen LogP contribution < -0.4 is 5.32 Å². The maximum Gasteiger partial charge on any atom is 0.328 e. The van der Waals surface area contributed by atoms with Crippen LogP contribution in [-0.2, 0) is 19.6 Å². The van der Waals surface area contributed by atoms with Crippen LogP contribution in [0.5, 0.6) is 0 Å². The molecule has 0 aromatic heterocycles. The van der Waals surface area contributed by atoms with E-state index in [9.17, 15) is 18.0 Å². The molecular formula is C16H22N2O6S. The van der Waals surface area contributed by atoms with E-state index in [4.69, 9.17) is 9.84 Å². The summed E-state index contributed by atoms with van der Waals surface area (Å²) in [6.07, 6.45) is 2.64. The topological polar surface area (TPSA) is 113 Å². The molecule has 1 aliphatic rings. The molecule has 1 unspecified atom stereocenters. The number of ether oxygens (including phenoxy) is 1. The molecule has 0 saturated carbocycles. The van der Waals surface area contributed by atoms with Crippen LogP contribution in [0.15, 0.2) is 29.2 Å². The van der Waals surface area contributed by atoms with Crippen molar-refractivity contribution < 1.29 is 27.9 Å². The third kappa shape index (κ3) is 4.77. The lowest BCUT2D eigenvalue weighted by atomic mass is 10.2. The van der Waals surface area contributed by atoms with Gasteiger partial charge in [-0.15, -0.1) is 0 Å². The fourth-order valence-electron chi connectivity index (χ4n) is 2.64. The van der Waals surface area contributed by atoms with Crippen LogP contribution in [-0.4, -0.2) is 62.6 Å². The molecule has 1 heterocycles. The zero-order chi connectivity index (χ0) is 18.4. The molecule has 0 aliphatic carbocycles. The minimum absolute atomic E-state index is 0.0284. The molecule has 1 aromatic rings.